The van der Waals surface area contributed by atoms with Gasteiger partial charge in [-0.15, -0.1) is 0 Å². The van der Waals surface area contributed by atoms with E-state index < -0.39 is 0 Å². The van der Waals surface area contributed by atoms with Crippen LogP contribution in [0, 0.1) is 5.92 Å². The SMILES string of the molecule is CCCOC1CCCN(C(=O)C2CCNCC2)C1. The van der Waals surface area contributed by atoms with Gasteiger partial charge in [-0.25, -0.2) is 0 Å². The Kier molecular flexibility index (Phi) is 5.45. The third-order valence-corrected chi connectivity index (χ3v) is 3.94. The maximum absolute atomic E-state index is 12.4. The molecular weight excluding hydrogens is 228 g/mol. The largest absolute Gasteiger partial charge is 0.376 e. The molecule has 0 radical (unpaired) electrons. The van der Waals surface area contributed by atoms with E-state index in [0.717, 1.165) is 64.9 Å². The zero-order chi connectivity index (χ0) is 12.8. The number of rotatable bonds is 4. The first-order valence-corrected chi connectivity index (χ1v) is 7.42. The number of hydrogen-bond donors (Lipinski definition) is 1. The van der Waals surface area contributed by atoms with Gasteiger partial charge in [-0.2, -0.15) is 0 Å². The topological polar surface area (TPSA) is 41.6 Å². The molecule has 0 aliphatic carbocycles. The number of likely N-dealkylation sites (tertiary alicyclic amines) is 1. The molecule has 1 amide bonds. The molecule has 1 unspecified atom stereocenters. The lowest BCUT2D eigenvalue weighted by Gasteiger charge is -2.35. The van der Waals surface area contributed by atoms with E-state index in [0.29, 0.717) is 5.91 Å². The van der Waals surface area contributed by atoms with Crippen molar-refractivity contribution in [3.05, 3.63) is 0 Å². The van der Waals surface area contributed by atoms with Crippen LogP contribution in [-0.4, -0.2) is 49.7 Å². The predicted molar refractivity (Wildman–Crippen MR) is 71.4 cm³/mol. The minimum atomic E-state index is 0.246. The van der Waals surface area contributed by atoms with Crippen molar-refractivity contribution in [2.24, 2.45) is 5.92 Å². The van der Waals surface area contributed by atoms with Crippen molar-refractivity contribution < 1.29 is 9.53 Å². The van der Waals surface area contributed by atoms with Crippen LogP contribution in [0.1, 0.15) is 39.0 Å². The van der Waals surface area contributed by atoms with E-state index in [2.05, 4.69) is 12.2 Å². The highest BCUT2D eigenvalue weighted by molar-refractivity contribution is 5.79. The Labute approximate surface area is 110 Å². The van der Waals surface area contributed by atoms with E-state index >= 15 is 0 Å². The molecule has 0 aromatic rings. The average Bonchev–Trinajstić information content (AvgIpc) is 2.45. The molecule has 4 heteroatoms. The molecule has 104 valence electrons. The van der Waals surface area contributed by atoms with E-state index in [4.69, 9.17) is 4.74 Å². The van der Waals surface area contributed by atoms with Gasteiger partial charge in [0.1, 0.15) is 0 Å². The summed E-state index contributed by atoms with van der Waals surface area (Å²) < 4.78 is 5.79. The normalized spacial score (nSPS) is 26.3. The summed E-state index contributed by atoms with van der Waals surface area (Å²) in [5.41, 5.74) is 0. The van der Waals surface area contributed by atoms with Crippen molar-refractivity contribution in [2.45, 2.75) is 45.1 Å². The minimum absolute atomic E-state index is 0.246. The molecule has 2 heterocycles. The van der Waals surface area contributed by atoms with Crippen LogP contribution in [0.15, 0.2) is 0 Å². The van der Waals surface area contributed by atoms with Crippen LogP contribution in [0.2, 0.25) is 0 Å². The Hall–Kier alpha value is -0.610. The molecule has 2 aliphatic rings. The molecule has 18 heavy (non-hydrogen) atoms. The second-order valence-corrected chi connectivity index (χ2v) is 5.44. The van der Waals surface area contributed by atoms with Gasteiger partial charge >= 0.3 is 0 Å². The Morgan fingerprint density at radius 3 is 2.83 bits per heavy atom. The van der Waals surface area contributed by atoms with Gasteiger partial charge < -0.3 is 15.0 Å². The molecule has 0 saturated carbocycles. The van der Waals surface area contributed by atoms with Crippen LogP contribution in [0.5, 0.6) is 0 Å². The van der Waals surface area contributed by atoms with E-state index in [9.17, 15) is 4.79 Å². The summed E-state index contributed by atoms with van der Waals surface area (Å²) in [6.07, 6.45) is 5.51. The van der Waals surface area contributed by atoms with Crippen molar-refractivity contribution in [1.82, 2.24) is 10.2 Å². The van der Waals surface area contributed by atoms with Crippen LogP contribution in [0.25, 0.3) is 0 Å². The zero-order valence-corrected chi connectivity index (χ0v) is 11.5. The van der Waals surface area contributed by atoms with Crippen LogP contribution >= 0.6 is 0 Å². The predicted octanol–water partition coefficient (Wildman–Crippen LogP) is 1.40. The van der Waals surface area contributed by atoms with Crippen molar-refractivity contribution in [3.63, 3.8) is 0 Å². The van der Waals surface area contributed by atoms with Gasteiger partial charge in [0.05, 0.1) is 6.10 Å². The highest BCUT2D eigenvalue weighted by atomic mass is 16.5. The number of nitrogens with zero attached hydrogens (tertiary/aromatic N) is 1. The van der Waals surface area contributed by atoms with E-state index in [1.807, 2.05) is 4.90 Å². The van der Waals surface area contributed by atoms with Gasteiger partial charge in [0.2, 0.25) is 5.91 Å². The molecule has 0 spiro atoms. The standard InChI is InChI=1S/C14H26N2O2/c1-2-10-18-13-4-3-9-16(11-13)14(17)12-5-7-15-8-6-12/h12-13,15H,2-11H2,1H3. The first kappa shape index (κ1) is 13.8. The first-order chi connectivity index (χ1) is 8.81. The van der Waals surface area contributed by atoms with E-state index in [1.165, 1.54) is 0 Å². The lowest BCUT2D eigenvalue weighted by Crippen LogP contribution is -2.47. The third-order valence-electron chi connectivity index (χ3n) is 3.94. The second-order valence-electron chi connectivity index (χ2n) is 5.44. The van der Waals surface area contributed by atoms with Gasteiger partial charge in [0, 0.05) is 25.6 Å². The summed E-state index contributed by atoms with van der Waals surface area (Å²) in [5, 5.41) is 3.31. The fourth-order valence-electron chi connectivity index (χ4n) is 2.89. The van der Waals surface area contributed by atoms with Gasteiger partial charge in [-0.1, -0.05) is 6.92 Å². The lowest BCUT2D eigenvalue weighted by atomic mass is 9.95. The maximum atomic E-state index is 12.4. The fraction of sp³-hybridized carbons (Fsp3) is 0.929. The van der Waals surface area contributed by atoms with Crippen LogP contribution in [-0.2, 0) is 9.53 Å². The van der Waals surface area contributed by atoms with Crippen molar-refractivity contribution in [2.75, 3.05) is 32.8 Å². The monoisotopic (exact) mass is 254 g/mol. The molecule has 4 nitrogen and oxygen atoms in total. The minimum Gasteiger partial charge on any atom is -0.376 e. The Morgan fingerprint density at radius 2 is 2.11 bits per heavy atom. The van der Waals surface area contributed by atoms with Crippen LogP contribution in [0.3, 0.4) is 0 Å². The molecule has 1 atom stereocenters. The number of amides is 1. The molecule has 0 aromatic heterocycles. The summed E-state index contributed by atoms with van der Waals surface area (Å²) in [6, 6.07) is 0. The third kappa shape index (κ3) is 3.69. The van der Waals surface area contributed by atoms with E-state index in [-0.39, 0.29) is 12.0 Å². The van der Waals surface area contributed by atoms with E-state index in [1.54, 1.807) is 0 Å². The molecule has 0 aromatic carbocycles. The smallest absolute Gasteiger partial charge is 0.225 e. The number of nitrogens with one attached hydrogen (secondary N) is 1. The number of ether oxygens (including phenoxy) is 1. The van der Waals surface area contributed by atoms with Gasteiger partial charge in [0.25, 0.3) is 0 Å². The van der Waals surface area contributed by atoms with Crippen molar-refractivity contribution in [3.8, 4) is 0 Å². The number of carbonyl (C=O) groups excluding carboxylic acids is 1. The molecule has 2 saturated heterocycles. The van der Waals surface area contributed by atoms with Crippen molar-refractivity contribution >= 4 is 5.91 Å². The number of piperidine rings is 2. The Morgan fingerprint density at radius 1 is 1.33 bits per heavy atom. The molecule has 0 bridgehead atoms. The molecule has 2 aliphatic heterocycles. The lowest BCUT2D eigenvalue weighted by molar-refractivity contribution is -0.140. The molecule has 2 rings (SSSR count). The Balaban J connectivity index is 1.81. The van der Waals surface area contributed by atoms with Gasteiger partial charge in [0.15, 0.2) is 0 Å². The average molecular weight is 254 g/mol. The van der Waals surface area contributed by atoms with Crippen LogP contribution in [0.4, 0.5) is 0 Å². The molecule has 1 N–H and O–H groups in total. The second kappa shape index (κ2) is 7.10. The highest BCUT2D eigenvalue weighted by Gasteiger charge is 2.29. The zero-order valence-electron chi connectivity index (χ0n) is 11.5. The van der Waals surface area contributed by atoms with Crippen molar-refractivity contribution in [1.29, 1.82) is 0 Å². The summed E-state index contributed by atoms with van der Waals surface area (Å²) in [7, 11) is 0. The summed E-state index contributed by atoms with van der Waals surface area (Å²) in [4.78, 5) is 14.5. The van der Waals surface area contributed by atoms with Gasteiger partial charge in [-0.3, -0.25) is 4.79 Å². The summed E-state index contributed by atoms with van der Waals surface area (Å²) >= 11 is 0. The quantitative estimate of drug-likeness (QED) is 0.824. The Bertz CT molecular complexity index is 265. The molecular formula is C14H26N2O2. The molecule has 2 fully saturated rings. The first-order valence-electron chi connectivity index (χ1n) is 7.42. The summed E-state index contributed by atoms with van der Waals surface area (Å²) in [5.74, 6) is 0.609. The highest BCUT2D eigenvalue weighted by Crippen LogP contribution is 2.20. The summed E-state index contributed by atoms with van der Waals surface area (Å²) in [6.45, 7) is 6.65. The van der Waals surface area contributed by atoms with Gasteiger partial charge in [-0.05, 0) is 45.2 Å². The number of carbonyl (C=O) groups is 1. The fourth-order valence-corrected chi connectivity index (χ4v) is 2.89. The van der Waals surface area contributed by atoms with Crippen LogP contribution < -0.4 is 5.32 Å². The maximum Gasteiger partial charge on any atom is 0.225 e. The number of hydrogen-bond acceptors (Lipinski definition) is 3.